The highest BCUT2D eigenvalue weighted by atomic mass is 32.1. The number of hydrogen-bond donors (Lipinski definition) is 2. The van der Waals surface area contributed by atoms with Crippen molar-refractivity contribution in [1.82, 2.24) is 14.8 Å². The summed E-state index contributed by atoms with van der Waals surface area (Å²) in [5.41, 5.74) is 0. The average molecular weight is 201 g/mol. The van der Waals surface area contributed by atoms with Crippen LogP contribution in [0.15, 0.2) is 0 Å². The third kappa shape index (κ3) is 2.63. The maximum absolute atomic E-state index is 9.11. The topological polar surface area (TPSA) is 53.8 Å². The van der Waals surface area contributed by atoms with Crippen molar-refractivity contribution in [3.05, 3.63) is 10.6 Å². The fourth-order valence-corrected chi connectivity index (χ4v) is 1.49. The Hall–Kier alpha value is -0.680. The zero-order valence-electron chi connectivity index (χ0n) is 7.95. The van der Waals surface area contributed by atoms with Crippen LogP contribution in [0.5, 0.6) is 0 Å². The molecule has 0 aliphatic carbocycles. The lowest BCUT2D eigenvalue weighted by molar-refractivity contribution is 0.183. The van der Waals surface area contributed by atoms with E-state index in [2.05, 4.69) is 10.2 Å². The van der Waals surface area contributed by atoms with E-state index in [0.717, 1.165) is 25.2 Å². The number of aryl methyl sites for hydroxylation is 1. The van der Waals surface area contributed by atoms with Crippen LogP contribution in [0.4, 0.5) is 0 Å². The van der Waals surface area contributed by atoms with Crippen molar-refractivity contribution in [2.24, 2.45) is 0 Å². The minimum atomic E-state index is -0.282. The van der Waals surface area contributed by atoms with Gasteiger partial charge in [-0.2, -0.15) is 5.10 Å². The maximum Gasteiger partial charge on any atom is 0.195 e. The Kier molecular flexibility index (Phi) is 3.62. The minimum Gasteiger partial charge on any atom is -0.393 e. The molecule has 1 atom stereocenters. The van der Waals surface area contributed by atoms with Gasteiger partial charge in [-0.05, 0) is 32.5 Å². The van der Waals surface area contributed by atoms with E-state index < -0.39 is 0 Å². The molecule has 0 amide bonds. The van der Waals surface area contributed by atoms with E-state index in [1.165, 1.54) is 0 Å². The molecule has 0 aromatic carbocycles. The summed E-state index contributed by atoms with van der Waals surface area (Å²) in [4.78, 5) is 0. The van der Waals surface area contributed by atoms with Crippen LogP contribution in [0.25, 0.3) is 0 Å². The minimum absolute atomic E-state index is 0.282. The Morgan fingerprint density at radius 1 is 1.69 bits per heavy atom. The van der Waals surface area contributed by atoms with E-state index in [4.69, 9.17) is 17.3 Å². The van der Waals surface area contributed by atoms with Crippen LogP contribution in [-0.2, 0) is 13.0 Å². The molecule has 4 nitrogen and oxygen atoms in total. The second kappa shape index (κ2) is 4.53. The van der Waals surface area contributed by atoms with Crippen molar-refractivity contribution < 1.29 is 5.11 Å². The van der Waals surface area contributed by atoms with E-state index in [-0.39, 0.29) is 6.10 Å². The van der Waals surface area contributed by atoms with E-state index in [9.17, 15) is 0 Å². The van der Waals surface area contributed by atoms with E-state index in [0.29, 0.717) is 4.77 Å². The Morgan fingerprint density at radius 3 is 2.92 bits per heavy atom. The third-order valence-electron chi connectivity index (χ3n) is 1.94. The fraction of sp³-hybridized carbons (Fsp3) is 0.750. The van der Waals surface area contributed by atoms with Crippen LogP contribution in [-0.4, -0.2) is 26.0 Å². The van der Waals surface area contributed by atoms with Crippen LogP contribution in [0.1, 0.15) is 26.1 Å². The SMILES string of the molecule is CCn1c(CCC(C)O)n[nH]c1=S. The molecular formula is C8H15N3OS. The lowest BCUT2D eigenvalue weighted by Gasteiger charge is -2.04. The summed E-state index contributed by atoms with van der Waals surface area (Å²) < 4.78 is 2.60. The monoisotopic (exact) mass is 201 g/mol. The highest BCUT2D eigenvalue weighted by Crippen LogP contribution is 2.03. The normalized spacial score (nSPS) is 13.2. The molecular weight excluding hydrogens is 186 g/mol. The molecule has 1 rings (SSSR count). The number of aromatic nitrogens is 3. The largest absolute Gasteiger partial charge is 0.393 e. The number of aliphatic hydroxyl groups is 1. The number of aromatic amines is 1. The summed E-state index contributed by atoms with van der Waals surface area (Å²) in [6.45, 7) is 4.62. The highest BCUT2D eigenvalue weighted by molar-refractivity contribution is 7.71. The van der Waals surface area contributed by atoms with Crippen LogP contribution in [0.3, 0.4) is 0 Å². The average Bonchev–Trinajstić information content (AvgIpc) is 2.42. The second-order valence-corrected chi connectivity index (χ2v) is 3.46. The molecule has 0 saturated carbocycles. The second-order valence-electron chi connectivity index (χ2n) is 3.08. The van der Waals surface area contributed by atoms with Gasteiger partial charge >= 0.3 is 0 Å². The van der Waals surface area contributed by atoms with Crippen molar-refractivity contribution in [2.45, 2.75) is 39.3 Å². The highest BCUT2D eigenvalue weighted by Gasteiger charge is 2.05. The van der Waals surface area contributed by atoms with Gasteiger partial charge in [-0.1, -0.05) is 0 Å². The van der Waals surface area contributed by atoms with Gasteiger partial charge in [-0.3, -0.25) is 5.10 Å². The quantitative estimate of drug-likeness (QED) is 0.721. The summed E-state index contributed by atoms with van der Waals surface area (Å²) in [5, 5.41) is 16.0. The molecule has 13 heavy (non-hydrogen) atoms. The number of nitrogens with zero attached hydrogens (tertiary/aromatic N) is 2. The molecule has 2 N–H and O–H groups in total. The molecule has 0 radical (unpaired) electrons. The Bertz CT molecular complexity index is 315. The van der Waals surface area contributed by atoms with Crippen molar-refractivity contribution in [1.29, 1.82) is 0 Å². The summed E-state index contributed by atoms with van der Waals surface area (Å²) in [6, 6.07) is 0. The first kappa shape index (κ1) is 10.4. The summed E-state index contributed by atoms with van der Waals surface area (Å²) in [7, 11) is 0. The third-order valence-corrected chi connectivity index (χ3v) is 2.25. The van der Waals surface area contributed by atoms with Gasteiger partial charge in [0, 0.05) is 13.0 Å². The van der Waals surface area contributed by atoms with Crippen LogP contribution in [0, 0.1) is 4.77 Å². The molecule has 74 valence electrons. The van der Waals surface area contributed by atoms with Gasteiger partial charge in [0.15, 0.2) is 4.77 Å². The number of nitrogens with one attached hydrogen (secondary N) is 1. The van der Waals surface area contributed by atoms with Gasteiger partial charge in [0.2, 0.25) is 0 Å². The lowest BCUT2D eigenvalue weighted by Crippen LogP contribution is -2.07. The first-order valence-electron chi connectivity index (χ1n) is 4.47. The molecule has 1 aromatic heterocycles. The molecule has 1 aromatic rings. The van der Waals surface area contributed by atoms with Gasteiger partial charge in [0.25, 0.3) is 0 Å². The van der Waals surface area contributed by atoms with Gasteiger partial charge in [-0.15, -0.1) is 0 Å². The first-order chi connectivity index (χ1) is 6.15. The van der Waals surface area contributed by atoms with Crippen LogP contribution in [0.2, 0.25) is 0 Å². The molecule has 0 saturated heterocycles. The van der Waals surface area contributed by atoms with E-state index >= 15 is 0 Å². The zero-order chi connectivity index (χ0) is 9.84. The van der Waals surface area contributed by atoms with E-state index in [1.54, 1.807) is 6.92 Å². The molecule has 5 heteroatoms. The van der Waals surface area contributed by atoms with Gasteiger partial charge in [-0.25, -0.2) is 0 Å². The molecule has 1 unspecified atom stereocenters. The molecule has 0 fully saturated rings. The van der Waals surface area contributed by atoms with Gasteiger partial charge in [0.1, 0.15) is 5.82 Å². The Balaban J connectivity index is 2.71. The smallest absolute Gasteiger partial charge is 0.195 e. The standard InChI is InChI=1S/C8H15N3OS/c1-3-11-7(5-4-6(2)12)9-10-8(11)13/h6,12H,3-5H2,1-2H3,(H,10,13). The lowest BCUT2D eigenvalue weighted by atomic mass is 10.2. The summed E-state index contributed by atoms with van der Waals surface area (Å²) in [5.74, 6) is 0.924. The van der Waals surface area contributed by atoms with E-state index in [1.807, 2.05) is 11.5 Å². The molecule has 0 aliphatic rings. The molecule has 0 spiro atoms. The molecule has 0 aliphatic heterocycles. The molecule has 1 heterocycles. The van der Waals surface area contributed by atoms with Crippen molar-refractivity contribution >= 4 is 12.2 Å². The van der Waals surface area contributed by atoms with Crippen molar-refractivity contribution in [3.8, 4) is 0 Å². The number of rotatable bonds is 4. The first-order valence-corrected chi connectivity index (χ1v) is 4.88. The van der Waals surface area contributed by atoms with Crippen LogP contribution < -0.4 is 0 Å². The van der Waals surface area contributed by atoms with Gasteiger partial charge in [0.05, 0.1) is 6.10 Å². The molecule has 0 bridgehead atoms. The summed E-state index contributed by atoms with van der Waals surface area (Å²) >= 11 is 5.03. The summed E-state index contributed by atoms with van der Waals surface area (Å²) in [6.07, 6.45) is 1.20. The zero-order valence-corrected chi connectivity index (χ0v) is 8.77. The number of aliphatic hydroxyl groups excluding tert-OH is 1. The Labute approximate surface area is 82.6 Å². The number of hydrogen-bond acceptors (Lipinski definition) is 3. The maximum atomic E-state index is 9.11. The predicted molar refractivity (Wildman–Crippen MR) is 53.1 cm³/mol. The predicted octanol–water partition coefficient (Wildman–Crippen LogP) is 1.27. The van der Waals surface area contributed by atoms with Crippen molar-refractivity contribution in [3.63, 3.8) is 0 Å². The van der Waals surface area contributed by atoms with Gasteiger partial charge < -0.3 is 9.67 Å². The Morgan fingerprint density at radius 2 is 2.38 bits per heavy atom. The van der Waals surface area contributed by atoms with Crippen LogP contribution >= 0.6 is 12.2 Å². The fourth-order valence-electron chi connectivity index (χ4n) is 1.21. The van der Waals surface area contributed by atoms with Crippen molar-refractivity contribution in [2.75, 3.05) is 0 Å². The number of H-pyrrole nitrogens is 1.